The van der Waals surface area contributed by atoms with Gasteiger partial charge in [0.15, 0.2) is 5.78 Å². The number of carbonyl (C=O) groups is 1. The number of halogens is 1. The molecule has 0 saturated heterocycles. The number of Topliss-reactive ketones (excluding diaryl/α,β-unsaturated/α-hetero) is 1. The molecular weight excluding hydrogens is 323 g/mol. The summed E-state index contributed by atoms with van der Waals surface area (Å²) in [6.45, 7) is 0. The fraction of sp³-hybridized carbons (Fsp3) is 0.400. The van der Waals surface area contributed by atoms with E-state index in [1.807, 2.05) is 0 Å². The zero-order chi connectivity index (χ0) is 12.1. The molecule has 1 nitrogen and oxygen atoms in total. The molecular formula is C15H17IO. The maximum atomic E-state index is 12.1. The molecule has 0 unspecified atom stereocenters. The third-order valence-electron chi connectivity index (χ3n) is 3.18. The summed E-state index contributed by atoms with van der Waals surface area (Å²) in [6, 6.07) is 8.23. The Balaban J connectivity index is 2.00. The highest BCUT2D eigenvalue weighted by Gasteiger charge is 2.11. The predicted octanol–water partition coefficient (Wildman–Crippen LogP) is 4.29. The van der Waals surface area contributed by atoms with E-state index >= 15 is 0 Å². The van der Waals surface area contributed by atoms with E-state index in [9.17, 15) is 4.79 Å². The number of hydrogen-bond donors (Lipinski definition) is 0. The average molecular weight is 340 g/mol. The number of benzene rings is 1. The fourth-order valence-electron chi connectivity index (χ4n) is 2.17. The van der Waals surface area contributed by atoms with Gasteiger partial charge in [-0.15, -0.1) is 0 Å². The first kappa shape index (κ1) is 12.8. The Bertz CT molecular complexity index is 417. The lowest BCUT2D eigenvalue weighted by atomic mass is 10.00. The van der Waals surface area contributed by atoms with Gasteiger partial charge in [-0.25, -0.2) is 0 Å². The van der Waals surface area contributed by atoms with Gasteiger partial charge in [-0.2, -0.15) is 0 Å². The second-order valence-corrected chi connectivity index (χ2v) is 5.80. The molecule has 2 rings (SSSR count). The first-order chi connectivity index (χ1) is 8.25. The summed E-state index contributed by atoms with van der Waals surface area (Å²) in [5, 5.41) is 0. The van der Waals surface area contributed by atoms with Gasteiger partial charge in [-0.1, -0.05) is 24.6 Å². The number of hydrogen-bond acceptors (Lipinski definition) is 1. The molecule has 0 aromatic heterocycles. The molecule has 1 aliphatic rings. The molecule has 0 aliphatic heterocycles. The van der Waals surface area contributed by atoms with Gasteiger partial charge in [0.1, 0.15) is 0 Å². The van der Waals surface area contributed by atoms with Crippen LogP contribution in [0.2, 0.25) is 0 Å². The molecule has 0 radical (unpaired) electrons. The van der Waals surface area contributed by atoms with Crippen LogP contribution < -0.4 is 0 Å². The molecule has 0 bridgehead atoms. The number of ketones is 1. The third-order valence-corrected chi connectivity index (χ3v) is 3.90. The zero-order valence-corrected chi connectivity index (χ0v) is 12.1. The summed E-state index contributed by atoms with van der Waals surface area (Å²) in [4.78, 5) is 12.1. The van der Waals surface area contributed by atoms with E-state index in [4.69, 9.17) is 0 Å². The largest absolute Gasteiger partial charge is 0.294 e. The van der Waals surface area contributed by atoms with Crippen LogP contribution in [0.3, 0.4) is 0 Å². The minimum atomic E-state index is 0.313. The molecule has 1 aliphatic carbocycles. The van der Waals surface area contributed by atoms with Crippen molar-refractivity contribution >= 4 is 28.4 Å². The van der Waals surface area contributed by atoms with E-state index < -0.39 is 0 Å². The van der Waals surface area contributed by atoms with Crippen LogP contribution in [0.4, 0.5) is 0 Å². The van der Waals surface area contributed by atoms with Crippen LogP contribution >= 0.6 is 22.6 Å². The van der Waals surface area contributed by atoms with Crippen molar-refractivity contribution in [2.75, 3.05) is 0 Å². The average Bonchev–Trinajstić information content (AvgIpc) is 2.61. The van der Waals surface area contributed by atoms with Crippen LogP contribution in [0.15, 0.2) is 35.9 Å². The first-order valence-corrected chi connectivity index (χ1v) is 7.30. The van der Waals surface area contributed by atoms with Crippen LogP contribution in [-0.4, -0.2) is 5.78 Å². The molecule has 0 amide bonds. The Morgan fingerprint density at radius 3 is 2.65 bits per heavy atom. The van der Waals surface area contributed by atoms with E-state index in [0.29, 0.717) is 12.2 Å². The van der Waals surface area contributed by atoms with E-state index in [-0.39, 0.29) is 0 Å². The van der Waals surface area contributed by atoms with Crippen LogP contribution in [0, 0.1) is 3.57 Å². The second-order valence-electron chi connectivity index (χ2n) is 4.56. The van der Waals surface area contributed by atoms with Crippen LogP contribution in [-0.2, 0) is 11.2 Å². The lowest BCUT2D eigenvalue weighted by Crippen LogP contribution is -2.06. The standard InChI is InChI=1S/C15H17IO/c16-14-9-7-12(8-10-14)11-15(17)13-5-3-1-2-4-6-13/h5,7-10H,1-4,6,11H2. The Labute approximate surface area is 116 Å². The highest BCUT2D eigenvalue weighted by molar-refractivity contribution is 14.1. The summed E-state index contributed by atoms with van der Waals surface area (Å²) < 4.78 is 1.22. The van der Waals surface area contributed by atoms with Gasteiger partial charge in [-0.3, -0.25) is 4.79 Å². The highest BCUT2D eigenvalue weighted by Crippen LogP contribution is 2.19. The normalized spacial score (nSPS) is 16.2. The van der Waals surface area contributed by atoms with Gasteiger partial charge in [0.05, 0.1) is 0 Å². The maximum absolute atomic E-state index is 12.1. The van der Waals surface area contributed by atoms with Crippen molar-refractivity contribution in [3.05, 3.63) is 45.0 Å². The summed E-state index contributed by atoms with van der Waals surface area (Å²) in [7, 11) is 0. The minimum Gasteiger partial charge on any atom is -0.294 e. The van der Waals surface area contributed by atoms with Crippen LogP contribution in [0.1, 0.15) is 37.7 Å². The third kappa shape index (κ3) is 3.95. The van der Waals surface area contributed by atoms with Crippen molar-refractivity contribution in [1.29, 1.82) is 0 Å². The summed E-state index contributed by atoms with van der Waals surface area (Å²) in [6.07, 6.45) is 8.43. The van der Waals surface area contributed by atoms with Gasteiger partial charge in [-0.05, 0) is 71.5 Å². The molecule has 90 valence electrons. The number of allylic oxidation sites excluding steroid dienone is 2. The molecule has 0 fully saturated rings. The van der Waals surface area contributed by atoms with Crippen molar-refractivity contribution in [1.82, 2.24) is 0 Å². The van der Waals surface area contributed by atoms with Crippen molar-refractivity contribution < 1.29 is 4.79 Å². The smallest absolute Gasteiger partial charge is 0.162 e. The molecule has 0 N–H and O–H groups in total. The Kier molecular flexibility index (Phi) is 4.77. The molecule has 2 heteroatoms. The quantitative estimate of drug-likeness (QED) is 0.750. The molecule has 0 spiro atoms. The van der Waals surface area contributed by atoms with Crippen molar-refractivity contribution in [3.63, 3.8) is 0 Å². The number of rotatable bonds is 3. The Morgan fingerprint density at radius 1 is 1.12 bits per heavy atom. The minimum absolute atomic E-state index is 0.313. The zero-order valence-electron chi connectivity index (χ0n) is 9.92. The van der Waals surface area contributed by atoms with Gasteiger partial charge in [0, 0.05) is 9.99 Å². The summed E-state index contributed by atoms with van der Waals surface area (Å²) in [5.74, 6) is 0.313. The van der Waals surface area contributed by atoms with Crippen molar-refractivity contribution in [2.24, 2.45) is 0 Å². The molecule has 1 aromatic carbocycles. The first-order valence-electron chi connectivity index (χ1n) is 6.22. The van der Waals surface area contributed by atoms with E-state index in [1.165, 1.54) is 22.8 Å². The number of carbonyl (C=O) groups excluding carboxylic acids is 1. The van der Waals surface area contributed by atoms with Crippen molar-refractivity contribution in [3.8, 4) is 0 Å². The van der Waals surface area contributed by atoms with E-state index in [1.54, 1.807) is 0 Å². The fourth-order valence-corrected chi connectivity index (χ4v) is 2.53. The second kappa shape index (κ2) is 6.34. The Morgan fingerprint density at radius 2 is 1.88 bits per heavy atom. The monoisotopic (exact) mass is 340 g/mol. The Hall–Kier alpha value is -0.640. The molecule has 0 atom stereocenters. The lowest BCUT2D eigenvalue weighted by Gasteiger charge is -2.05. The highest BCUT2D eigenvalue weighted by atomic mass is 127. The summed E-state index contributed by atoms with van der Waals surface area (Å²) >= 11 is 2.28. The SMILES string of the molecule is O=C(Cc1ccc(I)cc1)C1=CCCCCC1. The van der Waals surface area contributed by atoms with Gasteiger partial charge >= 0.3 is 0 Å². The van der Waals surface area contributed by atoms with Gasteiger partial charge in [0.25, 0.3) is 0 Å². The van der Waals surface area contributed by atoms with Crippen LogP contribution in [0.25, 0.3) is 0 Å². The predicted molar refractivity (Wildman–Crippen MR) is 79.0 cm³/mol. The maximum Gasteiger partial charge on any atom is 0.162 e. The summed E-state index contributed by atoms with van der Waals surface area (Å²) in [5.41, 5.74) is 2.18. The van der Waals surface area contributed by atoms with E-state index in [2.05, 4.69) is 52.9 Å². The van der Waals surface area contributed by atoms with Gasteiger partial charge in [0.2, 0.25) is 0 Å². The molecule has 17 heavy (non-hydrogen) atoms. The lowest BCUT2D eigenvalue weighted by molar-refractivity contribution is -0.115. The van der Waals surface area contributed by atoms with Crippen LogP contribution in [0.5, 0.6) is 0 Å². The molecule has 0 saturated carbocycles. The topological polar surface area (TPSA) is 17.1 Å². The van der Waals surface area contributed by atoms with E-state index in [0.717, 1.165) is 24.0 Å². The molecule has 1 aromatic rings. The van der Waals surface area contributed by atoms with Crippen molar-refractivity contribution in [2.45, 2.75) is 38.5 Å². The molecule has 0 heterocycles. The van der Waals surface area contributed by atoms with Gasteiger partial charge < -0.3 is 0 Å².